The molecular formula is C14H14N2O5S. The van der Waals surface area contributed by atoms with Crippen molar-refractivity contribution < 1.29 is 18.1 Å². The van der Waals surface area contributed by atoms with Gasteiger partial charge in [-0.3, -0.25) is 14.8 Å². The number of ether oxygens (including phenoxy) is 1. The molecule has 0 aliphatic rings. The van der Waals surface area contributed by atoms with Gasteiger partial charge >= 0.3 is 5.69 Å². The first kappa shape index (κ1) is 15.8. The average molecular weight is 322 g/mol. The maximum atomic E-state index is 12.4. The van der Waals surface area contributed by atoms with Gasteiger partial charge in [-0.2, -0.15) is 0 Å². The molecule has 0 amide bonds. The lowest BCUT2D eigenvalue weighted by molar-refractivity contribution is -0.386. The highest BCUT2D eigenvalue weighted by Crippen LogP contribution is 2.30. The number of nitrogens with one attached hydrogen (secondary N) is 1. The fourth-order valence-corrected chi connectivity index (χ4v) is 3.02. The Hall–Kier alpha value is -2.61. The second-order valence-corrected chi connectivity index (χ2v) is 6.19. The molecule has 0 saturated carbocycles. The van der Waals surface area contributed by atoms with Gasteiger partial charge in [-0.1, -0.05) is 18.2 Å². The number of nitrogens with zero attached hydrogens (tertiary/aromatic N) is 1. The first-order valence-electron chi connectivity index (χ1n) is 6.26. The minimum absolute atomic E-state index is 0.000147. The number of anilines is 1. The summed E-state index contributed by atoms with van der Waals surface area (Å²) in [6, 6.07) is 10.3. The fraction of sp³-hybridized carbons (Fsp3) is 0.143. The summed E-state index contributed by atoms with van der Waals surface area (Å²) in [7, 11) is -2.65. The van der Waals surface area contributed by atoms with Crippen LogP contribution in [0, 0.1) is 17.0 Å². The van der Waals surface area contributed by atoms with Crippen molar-refractivity contribution in [3.63, 3.8) is 0 Å². The first-order valence-corrected chi connectivity index (χ1v) is 7.74. The number of nitro benzene ring substituents is 1. The SMILES string of the molecule is COc1ccc(S(=O)(=O)Nc2ccccc2C)cc1[N+](=O)[O-]. The first-order chi connectivity index (χ1) is 10.3. The summed E-state index contributed by atoms with van der Waals surface area (Å²) in [6.45, 7) is 1.76. The molecule has 2 aromatic rings. The lowest BCUT2D eigenvalue weighted by Crippen LogP contribution is -2.14. The van der Waals surface area contributed by atoms with Crippen LogP contribution >= 0.6 is 0 Å². The Morgan fingerprint density at radius 2 is 1.86 bits per heavy atom. The van der Waals surface area contributed by atoms with E-state index in [0.717, 1.165) is 11.6 Å². The van der Waals surface area contributed by atoms with E-state index in [1.165, 1.54) is 19.2 Å². The Morgan fingerprint density at radius 1 is 1.18 bits per heavy atom. The number of sulfonamides is 1. The van der Waals surface area contributed by atoms with Crippen molar-refractivity contribution in [1.82, 2.24) is 0 Å². The Balaban J connectivity index is 2.44. The monoisotopic (exact) mass is 322 g/mol. The summed E-state index contributed by atoms with van der Waals surface area (Å²) in [5.74, 6) is -0.000147. The summed E-state index contributed by atoms with van der Waals surface area (Å²) in [6.07, 6.45) is 0. The van der Waals surface area contributed by atoms with Gasteiger partial charge in [0, 0.05) is 6.07 Å². The smallest absolute Gasteiger partial charge is 0.312 e. The van der Waals surface area contributed by atoms with Crippen molar-refractivity contribution in [3.05, 3.63) is 58.1 Å². The molecule has 0 aliphatic carbocycles. The summed E-state index contributed by atoms with van der Waals surface area (Å²) >= 11 is 0. The number of hydrogen-bond acceptors (Lipinski definition) is 5. The predicted octanol–water partition coefficient (Wildman–Crippen LogP) is 2.71. The van der Waals surface area contributed by atoms with Crippen LogP contribution in [-0.4, -0.2) is 20.5 Å². The van der Waals surface area contributed by atoms with E-state index >= 15 is 0 Å². The molecule has 0 fully saturated rings. The van der Waals surface area contributed by atoms with Gasteiger partial charge < -0.3 is 4.74 Å². The molecule has 116 valence electrons. The van der Waals surface area contributed by atoms with Gasteiger partial charge in [0.2, 0.25) is 0 Å². The lowest BCUT2D eigenvalue weighted by atomic mass is 10.2. The van der Waals surface area contributed by atoms with E-state index in [1.807, 2.05) is 0 Å². The Bertz CT molecular complexity index is 818. The summed E-state index contributed by atoms with van der Waals surface area (Å²) in [5, 5.41) is 11.0. The van der Waals surface area contributed by atoms with Crippen molar-refractivity contribution in [1.29, 1.82) is 0 Å². The van der Waals surface area contributed by atoms with E-state index in [-0.39, 0.29) is 10.6 Å². The summed E-state index contributed by atoms with van der Waals surface area (Å²) in [5.41, 5.74) is 0.755. The van der Waals surface area contributed by atoms with Crippen LogP contribution in [0.5, 0.6) is 5.75 Å². The van der Waals surface area contributed by atoms with Crippen LogP contribution < -0.4 is 9.46 Å². The number of hydrogen-bond donors (Lipinski definition) is 1. The zero-order chi connectivity index (χ0) is 16.3. The van der Waals surface area contributed by atoms with Gasteiger partial charge in [0.1, 0.15) is 0 Å². The van der Waals surface area contributed by atoms with Gasteiger partial charge in [0.15, 0.2) is 5.75 Å². The molecule has 0 aromatic heterocycles. The summed E-state index contributed by atoms with van der Waals surface area (Å²) in [4.78, 5) is 10.1. The van der Waals surface area contributed by atoms with Gasteiger partial charge in [0.05, 0.1) is 22.6 Å². The van der Waals surface area contributed by atoms with Crippen LogP contribution in [0.4, 0.5) is 11.4 Å². The molecule has 0 saturated heterocycles. The third-order valence-electron chi connectivity index (χ3n) is 3.05. The highest BCUT2D eigenvalue weighted by atomic mass is 32.2. The van der Waals surface area contributed by atoms with Crippen LogP contribution in [0.15, 0.2) is 47.4 Å². The molecule has 2 aromatic carbocycles. The molecule has 0 aliphatic heterocycles. The van der Waals surface area contributed by atoms with Gasteiger partial charge in [0.25, 0.3) is 10.0 Å². The van der Waals surface area contributed by atoms with Crippen molar-refractivity contribution in [2.45, 2.75) is 11.8 Å². The molecule has 22 heavy (non-hydrogen) atoms. The molecule has 0 unspecified atom stereocenters. The van der Waals surface area contributed by atoms with Crippen LogP contribution in [0.3, 0.4) is 0 Å². The third-order valence-corrected chi connectivity index (χ3v) is 4.41. The highest BCUT2D eigenvalue weighted by molar-refractivity contribution is 7.92. The van der Waals surface area contributed by atoms with Crippen LogP contribution in [0.2, 0.25) is 0 Å². The molecular weight excluding hydrogens is 308 g/mol. The van der Waals surface area contributed by atoms with E-state index in [4.69, 9.17) is 4.74 Å². The zero-order valence-electron chi connectivity index (χ0n) is 11.9. The standard InChI is InChI=1S/C14H14N2O5S/c1-10-5-3-4-6-12(10)15-22(19,20)11-7-8-14(21-2)13(9-11)16(17)18/h3-9,15H,1-2H3. The summed E-state index contributed by atoms with van der Waals surface area (Å²) < 4.78 is 32.0. The van der Waals surface area contributed by atoms with Gasteiger partial charge in [-0.25, -0.2) is 8.42 Å². The normalized spacial score (nSPS) is 11.0. The number of rotatable bonds is 5. The van der Waals surface area contributed by atoms with Gasteiger partial charge in [-0.05, 0) is 30.7 Å². The van der Waals surface area contributed by atoms with E-state index in [1.54, 1.807) is 31.2 Å². The highest BCUT2D eigenvalue weighted by Gasteiger charge is 2.22. The largest absolute Gasteiger partial charge is 0.490 e. The average Bonchev–Trinajstić information content (AvgIpc) is 2.48. The van der Waals surface area contributed by atoms with Crippen molar-refractivity contribution in [2.75, 3.05) is 11.8 Å². The molecule has 1 N–H and O–H groups in total. The Labute approximate surface area is 127 Å². The maximum Gasteiger partial charge on any atom is 0.312 e. The number of para-hydroxylation sites is 1. The Kier molecular flexibility index (Phi) is 4.32. The molecule has 0 heterocycles. The fourth-order valence-electron chi connectivity index (χ4n) is 1.87. The quantitative estimate of drug-likeness (QED) is 0.674. The number of nitro groups is 1. The van der Waals surface area contributed by atoms with E-state index in [9.17, 15) is 18.5 Å². The molecule has 0 bridgehead atoms. The van der Waals surface area contributed by atoms with Gasteiger partial charge in [-0.15, -0.1) is 0 Å². The van der Waals surface area contributed by atoms with Crippen molar-refractivity contribution in [3.8, 4) is 5.75 Å². The lowest BCUT2D eigenvalue weighted by Gasteiger charge is -2.11. The molecule has 0 spiro atoms. The second kappa shape index (κ2) is 6.02. The zero-order valence-corrected chi connectivity index (χ0v) is 12.8. The second-order valence-electron chi connectivity index (χ2n) is 4.51. The molecule has 7 nitrogen and oxygen atoms in total. The van der Waals surface area contributed by atoms with Crippen LogP contribution in [-0.2, 0) is 10.0 Å². The van der Waals surface area contributed by atoms with E-state index in [2.05, 4.69) is 4.72 Å². The van der Waals surface area contributed by atoms with E-state index in [0.29, 0.717) is 5.69 Å². The minimum Gasteiger partial charge on any atom is -0.490 e. The van der Waals surface area contributed by atoms with Crippen molar-refractivity contribution in [2.24, 2.45) is 0 Å². The number of benzene rings is 2. The number of aryl methyl sites for hydroxylation is 1. The van der Waals surface area contributed by atoms with E-state index < -0.39 is 20.6 Å². The molecule has 8 heteroatoms. The van der Waals surface area contributed by atoms with Crippen LogP contribution in [0.25, 0.3) is 0 Å². The number of methoxy groups -OCH3 is 1. The third kappa shape index (κ3) is 3.17. The Morgan fingerprint density at radius 3 is 2.45 bits per heavy atom. The minimum atomic E-state index is -3.93. The topological polar surface area (TPSA) is 98.5 Å². The predicted molar refractivity (Wildman–Crippen MR) is 81.6 cm³/mol. The van der Waals surface area contributed by atoms with Crippen LogP contribution in [0.1, 0.15) is 5.56 Å². The molecule has 0 atom stereocenters. The molecule has 0 radical (unpaired) electrons. The maximum absolute atomic E-state index is 12.4. The molecule has 2 rings (SSSR count). The van der Waals surface area contributed by atoms with Crippen molar-refractivity contribution >= 4 is 21.4 Å².